The van der Waals surface area contributed by atoms with E-state index in [1.54, 1.807) is 0 Å². The molecule has 134 valence electrons. The van der Waals surface area contributed by atoms with E-state index in [1.165, 1.54) is 11.3 Å². The molecule has 1 aromatic rings. The van der Waals surface area contributed by atoms with Crippen molar-refractivity contribution in [1.82, 2.24) is 15.1 Å². The Morgan fingerprint density at radius 1 is 1.38 bits per heavy atom. The molecule has 2 amide bonds. The molecule has 1 fully saturated rings. The molecule has 0 aliphatic carbocycles. The summed E-state index contributed by atoms with van der Waals surface area (Å²) in [7, 11) is 0. The van der Waals surface area contributed by atoms with Gasteiger partial charge in [-0.3, -0.25) is 9.59 Å². The van der Waals surface area contributed by atoms with E-state index < -0.39 is 30.5 Å². The van der Waals surface area contributed by atoms with Gasteiger partial charge in [-0.15, -0.1) is 10.2 Å². The van der Waals surface area contributed by atoms with Crippen molar-refractivity contribution in [2.45, 2.75) is 45.2 Å². The highest BCUT2D eigenvalue weighted by Gasteiger charge is 2.40. The summed E-state index contributed by atoms with van der Waals surface area (Å²) in [5.41, 5.74) is 0. The molecule has 1 atom stereocenters. The molecule has 1 N–H and O–H groups in total. The molecule has 0 aromatic carbocycles. The maximum atomic E-state index is 12.4. The fourth-order valence-electron chi connectivity index (χ4n) is 2.61. The fourth-order valence-corrected chi connectivity index (χ4v) is 3.63. The molecule has 0 saturated carbocycles. The van der Waals surface area contributed by atoms with Gasteiger partial charge in [0.15, 0.2) is 0 Å². The van der Waals surface area contributed by atoms with Gasteiger partial charge >= 0.3 is 6.18 Å². The summed E-state index contributed by atoms with van der Waals surface area (Å²) < 4.78 is 37.2. The first kappa shape index (κ1) is 18.6. The van der Waals surface area contributed by atoms with Gasteiger partial charge in [-0.2, -0.15) is 13.2 Å². The van der Waals surface area contributed by atoms with Crippen LogP contribution in [-0.2, 0) is 9.59 Å². The van der Waals surface area contributed by atoms with E-state index in [1.807, 2.05) is 13.8 Å². The number of nitrogens with one attached hydrogen (secondary N) is 1. The van der Waals surface area contributed by atoms with Crippen LogP contribution in [0.15, 0.2) is 0 Å². The Hall–Kier alpha value is -1.71. The number of halogens is 3. The van der Waals surface area contributed by atoms with E-state index in [0.29, 0.717) is 10.0 Å². The first-order valence-electron chi connectivity index (χ1n) is 7.72. The summed E-state index contributed by atoms with van der Waals surface area (Å²) in [4.78, 5) is 24.4. The molecule has 1 aliphatic rings. The van der Waals surface area contributed by atoms with Gasteiger partial charge in [-0.25, -0.2) is 0 Å². The van der Waals surface area contributed by atoms with Gasteiger partial charge in [0.25, 0.3) is 0 Å². The fraction of sp³-hybridized carbons (Fsp3) is 0.714. The van der Waals surface area contributed by atoms with Crippen molar-refractivity contribution < 1.29 is 22.8 Å². The van der Waals surface area contributed by atoms with Gasteiger partial charge in [0.05, 0.1) is 5.92 Å². The lowest BCUT2D eigenvalue weighted by Gasteiger charge is -2.18. The minimum absolute atomic E-state index is 0.222. The lowest BCUT2D eigenvalue weighted by Crippen LogP contribution is -2.36. The Balaban J connectivity index is 1.95. The molecular formula is C14H19F3N4O2S. The molecule has 2 rings (SSSR count). The summed E-state index contributed by atoms with van der Waals surface area (Å²) >= 11 is 1.26. The lowest BCUT2D eigenvalue weighted by molar-refractivity contribution is -0.157. The van der Waals surface area contributed by atoms with Gasteiger partial charge in [-0.1, -0.05) is 25.2 Å². The van der Waals surface area contributed by atoms with Crippen molar-refractivity contribution in [3.63, 3.8) is 0 Å². The minimum Gasteiger partial charge on any atom is -0.333 e. The number of rotatable bonds is 6. The topological polar surface area (TPSA) is 75.2 Å². The van der Waals surface area contributed by atoms with E-state index in [9.17, 15) is 22.8 Å². The molecule has 1 unspecified atom stereocenters. The Bertz CT molecular complexity index is 601. The van der Waals surface area contributed by atoms with Gasteiger partial charge in [-0.05, 0) is 12.8 Å². The first-order valence-corrected chi connectivity index (χ1v) is 8.53. The maximum Gasteiger partial charge on any atom is 0.406 e. The molecule has 1 aliphatic heterocycles. The summed E-state index contributed by atoms with van der Waals surface area (Å²) in [6.07, 6.45) is -2.88. The molecule has 0 radical (unpaired) electrons. The smallest absolute Gasteiger partial charge is 0.333 e. The third-order valence-electron chi connectivity index (χ3n) is 3.96. The van der Waals surface area contributed by atoms with Crippen molar-refractivity contribution in [1.29, 1.82) is 0 Å². The van der Waals surface area contributed by atoms with Crippen LogP contribution in [0.25, 0.3) is 0 Å². The van der Waals surface area contributed by atoms with Crippen molar-refractivity contribution in [3.8, 4) is 0 Å². The van der Waals surface area contributed by atoms with Crippen LogP contribution < -0.4 is 5.32 Å². The quantitative estimate of drug-likeness (QED) is 0.842. The van der Waals surface area contributed by atoms with Crippen molar-refractivity contribution in [2.24, 2.45) is 5.92 Å². The van der Waals surface area contributed by atoms with Gasteiger partial charge < -0.3 is 10.2 Å². The maximum absolute atomic E-state index is 12.4. The lowest BCUT2D eigenvalue weighted by atomic mass is 10.1. The molecule has 1 aromatic heterocycles. The van der Waals surface area contributed by atoms with Crippen LogP contribution >= 0.6 is 11.3 Å². The van der Waals surface area contributed by atoms with Gasteiger partial charge in [0.2, 0.25) is 16.9 Å². The number of carbonyl (C=O) groups is 2. The van der Waals surface area contributed by atoms with Crippen LogP contribution in [0.3, 0.4) is 0 Å². The first-order chi connectivity index (χ1) is 11.2. The number of carbonyl (C=O) groups excluding carboxylic acids is 2. The Kier molecular flexibility index (Phi) is 5.79. The molecule has 2 heterocycles. The standard InChI is InChI=1S/C14H19F3N4O2S/c1-3-8(4-2)12-19-20-13(24-12)18-11(23)9-5-10(22)21(6-9)7-14(15,16)17/h8-9H,3-7H2,1-2H3,(H,18,20,23). The third-order valence-corrected chi connectivity index (χ3v) is 4.96. The van der Waals surface area contributed by atoms with E-state index in [4.69, 9.17) is 0 Å². The summed E-state index contributed by atoms with van der Waals surface area (Å²) in [6, 6.07) is 0. The zero-order valence-electron chi connectivity index (χ0n) is 13.4. The summed E-state index contributed by atoms with van der Waals surface area (Å²) in [5, 5.41) is 11.6. The highest BCUT2D eigenvalue weighted by atomic mass is 32.1. The number of hydrogen-bond acceptors (Lipinski definition) is 5. The second-order valence-electron chi connectivity index (χ2n) is 5.74. The normalized spacial score (nSPS) is 18.5. The number of alkyl halides is 3. The molecule has 0 spiro atoms. The number of aromatic nitrogens is 2. The molecular weight excluding hydrogens is 345 g/mol. The molecule has 24 heavy (non-hydrogen) atoms. The second kappa shape index (κ2) is 7.45. The number of likely N-dealkylation sites (tertiary alicyclic amines) is 1. The number of amides is 2. The van der Waals surface area contributed by atoms with E-state index in [0.717, 1.165) is 17.8 Å². The Labute approximate surface area is 141 Å². The van der Waals surface area contributed by atoms with Crippen LogP contribution in [0.1, 0.15) is 44.0 Å². The van der Waals surface area contributed by atoms with Crippen LogP contribution in [0.2, 0.25) is 0 Å². The monoisotopic (exact) mass is 364 g/mol. The zero-order chi connectivity index (χ0) is 17.9. The highest BCUT2D eigenvalue weighted by molar-refractivity contribution is 7.15. The zero-order valence-corrected chi connectivity index (χ0v) is 14.2. The van der Waals surface area contributed by atoms with Crippen molar-refractivity contribution >= 4 is 28.3 Å². The minimum atomic E-state index is -4.47. The Morgan fingerprint density at radius 3 is 2.62 bits per heavy atom. The molecule has 1 saturated heterocycles. The van der Waals surface area contributed by atoms with Crippen LogP contribution in [0.5, 0.6) is 0 Å². The second-order valence-corrected chi connectivity index (χ2v) is 6.75. The molecule has 6 nitrogen and oxygen atoms in total. The van der Waals surface area contributed by atoms with Crippen molar-refractivity contribution in [2.75, 3.05) is 18.4 Å². The van der Waals surface area contributed by atoms with E-state index in [2.05, 4.69) is 15.5 Å². The predicted octanol–water partition coefficient (Wildman–Crippen LogP) is 2.79. The summed E-state index contributed by atoms with van der Waals surface area (Å²) in [5.74, 6) is -1.70. The van der Waals surface area contributed by atoms with E-state index in [-0.39, 0.29) is 18.9 Å². The van der Waals surface area contributed by atoms with E-state index >= 15 is 0 Å². The van der Waals surface area contributed by atoms with Crippen LogP contribution in [0.4, 0.5) is 18.3 Å². The number of hydrogen-bond donors (Lipinski definition) is 1. The average molecular weight is 364 g/mol. The molecule has 0 bridgehead atoms. The van der Waals surface area contributed by atoms with Crippen molar-refractivity contribution in [3.05, 3.63) is 5.01 Å². The average Bonchev–Trinajstić information content (AvgIpc) is 3.07. The predicted molar refractivity (Wildman–Crippen MR) is 82.6 cm³/mol. The largest absolute Gasteiger partial charge is 0.406 e. The Morgan fingerprint density at radius 2 is 2.04 bits per heavy atom. The summed E-state index contributed by atoms with van der Waals surface area (Å²) in [6.45, 7) is 2.51. The van der Waals surface area contributed by atoms with Gasteiger partial charge in [0, 0.05) is 18.9 Å². The third kappa shape index (κ3) is 4.65. The van der Waals surface area contributed by atoms with Gasteiger partial charge in [0.1, 0.15) is 11.6 Å². The number of nitrogens with zero attached hydrogens (tertiary/aromatic N) is 3. The molecule has 10 heteroatoms. The highest BCUT2D eigenvalue weighted by Crippen LogP contribution is 2.29. The SMILES string of the molecule is CCC(CC)c1nnc(NC(=O)C2CC(=O)N(CC(F)(F)F)C2)s1. The van der Waals surface area contributed by atoms with Crippen LogP contribution in [0, 0.1) is 5.92 Å². The number of anilines is 1. The van der Waals surface area contributed by atoms with Crippen LogP contribution in [-0.4, -0.2) is 46.2 Å².